The van der Waals surface area contributed by atoms with Gasteiger partial charge >= 0.3 is 0 Å². The lowest BCUT2D eigenvalue weighted by Gasteiger charge is -2.08. The summed E-state index contributed by atoms with van der Waals surface area (Å²) in [5, 5.41) is 14.3. The molecule has 0 heterocycles. The van der Waals surface area contributed by atoms with Crippen molar-refractivity contribution >= 4 is 34.6 Å². The quantitative estimate of drug-likeness (QED) is 0.660. The highest BCUT2D eigenvalue weighted by atomic mass is 35.5. The largest absolute Gasteiger partial charge is 0.375 e. The third-order valence-corrected chi connectivity index (χ3v) is 3.11. The van der Waals surface area contributed by atoms with Gasteiger partial charge in [-0.3, -0.25) is 10.1 Å². The highest BCUT2D eigenvalue weighted by Gasteiger charge is 2.14. The van der Waals surface area contributed by atoms with Gasteiger partial charge in [0.1, 0.15) is 11.5 Å². The molecule has 0 aromatic heterocycles. The van der Waals surface area contributed by atoms with Crippen LogP contribution >= 0.6 is 23.2 Å². The van der Waals surface area contributed by atoms with Crippen LogP contribution in [0.3, 0.4) is 0 Å². The van der Waals surface area contributed by atoms with Crippen LogP contribution in [0.5, 0.6) is 0 Å². The summed E-state index contributed by atoms with van der Waals surface area (Å²) in [6.45, 7) is 0.103. The summed E-state index contributed by atoms with van der Waals surface area (Å²) < 4.78 is 13.6. The van der Waals surface area contributed by atoms with E-state index in [4.69, 9.17) is 23.2 Å². The minimum absolute atomic E-state index is 0.103. The third-order valence-electron chi connectivity index (χ3n) is 2.64. The lowest BCUT2D eigenvalue weighted by atomic mass is 10.2. The number of nitro benzene ring substituents is 1. The number of hydrogen-bond acceptors (Lipinski definition) is 3. The SMILES string of the molecule is O=[N+]([O-])c1cc(Cl)ccc1NCc1ccc(Cl)cc1F. The maximum Gasteiger partial charge on any atom is 0.293 e. The van der Waals surface area contributed by atoms with E-state index in [2.05, 4.69) is 5.32 Å². The fraction of sp³-hybridized carbons (Fsp3) is 0.0769. The van der Waals surface area contributed by atoms with E-state index in [9.17, 15) is 14.5 Å². The van der Waals surface area contributed by atoms with Crippen molar-refractivity contribution in [3.05, 3.63) is 67.9 Å². The summed E-state index contributed by atoms with van der Waals surface area (Å²) in [5.41, 5.74) is 0.472. The molecule has 7 heteroatoms. The van der Waals surface area contributed by atoms with Crippen molar-refractivity contribution in [2.75, 3.05) is 5.32 Å². The first-order valence-corrected chi connectivity index (χ1v) is 6.34. The molecular formula is C13H9Cl2FN2O2. The second kappa shape index (κ2) is 6.07. The maximum absolute atomic E-state index is 13.6. The minimum atomic E-state index is -0.549. The van der Waals surface area contributed by atoms with Gasteiger partial charge < -0.3 is 5.32 Å². The van der Waals surface area contributed by atoms with E-state index < -0.39 is 10.7 Å². The topological polar surface area (TPSA) is 55.2 Å². The summed E-state index contributed by atoms with van der Waals surface area (Å²) >= 11 is 11.4. The number of rotatable bonds is 4. The second-order valence-electron chi connectivity index (χ2n) is 4.01. The smallest absolute Gasteiger partial charge is 0.293 e. The molecule has 0 radical (unpaired) electrons. The van der Waals surface area contributed by atoms with Crippen LogP contribution < -0.4 is 5.32 Å². The molecule has 0 saturated heterocycles. The van der Waals surface area contributed by atoms with E-state index >= 15 is 0 Å². The molecule has 0 spiro atoms. The minimum Gasteiger partial charge on any atom is -0.375 e. The van der Waals surface area contributed by atoms with Crippen molar-refractivity contribution in [1.29, 1.82) is 0 Å². The van der Waals surface area contributed by atoms with Crippen LogP contribution in [0, 0.1) is 15.9 Å². The molecular weight excluding hydrogens is 306 g/mol. The van der Waals surface area contributed by atoms with Crippen LogP contribution in [0.15, 0.2) is 36.4 Å². The Morgan fingerprint density at radius 1 is 1.15 bits per heavy atom. The Bertz CT molecular complexity index is 665. The first-order valence-electron chi connectivity index (χ1n) is 5.59. The van der Waals surface area contributed by atoms with Crippen LogP contribution in [0.1, 0.15) is 5.56 Å². The summed E-state index contributed by atoms with van der Waals surface area (Å²) in [7, 11) is 0. The summed E-state index contributed by atoms with van der Waals surface area (Å²) in [5.74, 6) is -0.471. The van der Waals surface area contributed by atoms with Crippen LogP contribution in [-0.4, -0.2) is 4.92 Å². The molecule has 0 unspecified atom stereocenters. The van der Waals surface area contributed by atoms with Gasteiger partial charge in [0.25, 0.3) is 5.69 Å². The van der Waals surface area contributed by atoms with E-state index in [1.165, 1.54) is 30.3 Å². The lowest BCUT2D eigenvalue weighted by Crippen LogP contribution is -2.04. The molecule has 2 aromatic rings. The Labute approximate surface area is 124 Å². The van der Waals surface area contributed by atoms with Crippen molar-refractivity contribution in [2.24, 2.45) is 0 Å². The van der Waals surface area contributed by atoms with Gasteiger partial charge in [-0.05, 0) is 24.3 Å². The molecule has 2 aromatic carbocycles. The number of halogens is 3. The monoisotopic (exact) mass is 314 g/mol. The van der Waals surface area contributed by atoms with Crippen LogP contribution in [0.4, 0.5) is 15.8 Å². The molecule has 0 aliphatic carbocycles. The van der Waals surface area contributed by atoms with Crippen molar-refractivity contribution < 1.29 is 9.31 Å². The molecule has 0 bridgehead atoms. The molecule has 4 nitrogen and oxygen atoms in total. The van der Waals surface area contributed by atoms with Crippen molar-refractivity contribution in [2.45, 2.75) is 6.54 Å². The third kappa shape index (κ3) is 3.37. The van der Waals surface area contributed by atoms with Crippen molar-refractivity contribution in [3.8, 4) is 0 Å². The average molecular weight is 315 g/mol. The van der Waals surface area contributed by atoms with Crippen LogP contribution in [0.25, 0.3) is 0 Å². The number of hydrogen-bond donors (Lipinski definition) is 1. The van der Waals surface area contributed by atoms with Gasteiger partial charge in [0.2, 0.25) is 0 Å². The van der Waals surface area contributed by atoms with Gasteiger partial charge in [-0.15, -0.1) is 0 Å². The standard InChI is InChI=1S/C13H9Cl2FN2O2/c14-9-2-1-8(11(16)5-9)7-17-12-4-3-10(15)6-13(12)18(19)20/h1-6,17H,7H2. The van der Waals surface area contributed by atoms with Gasteiger partial charge in [0, 0.05) is 28.2 Å². The number of nitrogens with zero attached hydrogens (tertiary/aromatic N) is 1. The van der Waals surface area contributed by atoms with Gasteiger partial charge in [-0.1, -0.05) is 29.3 Å². The molecule has 104 valence electrons. The Morgan fingerprint density at radius 2 is 1.80 bits per heavy atom. The van der Waals surface area contributed by atoms with Crippen molar-refractivity contribution in [3.63, 3.8) is 0 Å². The molecule has 0 amide bonds. The molecule has 0 aliphatic rings. The number of anilines is 1. The summed E-state index contributed by atoms with van der Waals surface area (Å²) in [4.78, 5) is 10.4. The molecule has 0 atom stereocenters. The van der Waals surface area contributed by atoms with Gasteiger partial charge in [-0.2, -0.15) is 0 Å². The first-order chi connectivity index (χ1) is 9.47. The second-order valence-corrected chi connectivity index (χ2v) is 4.88. The zero-order valence-corrected chi connectivity index (χ0v) is 11.6. The fourth-order valence-electron chi connectivity index (χ4n) is 1.66. The zero-order chi connectivity index (χ0) is 14.7. The van der Waals surface area contributed by atoms with Gasteiger partial charge in [-0.25, -0.2) is 4.39 Å². The number of benzene rings is 2. The molecule has 0 fully saturated rings. The Hall–Kier alpha value is -1.85. The van der Waals surface area contributed by atoms with Gasteiger partial charge in [0.15, 0.2) is 0 Å². The molecule has 0 aliphatic heterocycles. The van der Waals surface area contributed by atoms with E-state index in [-0.39, 0.29) is 22.9 Å². The average Bonchev–Trinajstić information content (AvgIpc) is 2.38. The highest BCUT2D eigenvalue weighted by molar-refractivity contribution is 6.31. The normalized spacial score (nSPS) is 10.3. The molecule has 20 heavy (non-hydrogen) atoms. The molecule has 0 saturated carbocycles. The predicted molar refractivity (Wildman–Crippen MR) is 76.8 cm³/mol. The number of nitrogens with one attached hydrogen (secondary N) is 1. The van der Waals surface area contributed by atoms with Crippen LogP contribution in [0.2, 0.25) is 10.0 Å². The van der Waals surface area contributed by atoms with E-state index in [1.54, 1.807) is 6.07 Å². The molecule has 2 rings (SSSR count). The van der Waals surface area contributed by atoms with E-state index in [0.717, 1.165) is 0 Å². The highest BCUT2D eigenvalue weighted by Crippen LogP contribution is 2.28. The zero-order valence-electron chi connectivity index (χ0n) is 10.1. The van der Waals surface area contributed by atoms with Crippen LogP contribution in [-0.2, 0) is 6.54 Å². The Morgan fingerprint density at radius 3 is 2.45 bits per heavy atom. The first kappa shape index (κ1) is 14.6. The Kier molecular flexibility index (Phi) is 4.42. The maximum atomic E-state index is 13.6. The Balaban J connectivity index is 2.20. The van der Waals surface area contributed by atoms with E-state index in [1.807, 2.05) is 0 Å². The summed E-state index contributed by atoms with van der Waals surface area (Å²) in [6, 6.07) is 8.50. The lowest BCUT2D eigenvalue weighted by molar-refractivity contribution is -0.383. The molecule has 1 N–H and O–H groups in total. The fourth-order valence-corrected chi connectivity index (χ4v) is 1.99. The summed E-state index contributed by atoms with van der Waals surface area (Å²) in [6.07, 6.45) is 0. The van der Waals surface area contributed by atoms with Crippen molar-refractivity contribution in [1.82, 2.24) is 0 Å². The number of nitro groups is 1. The predicted octanol–water partition coefficient (Wildman–Crippen LogP) is 4.65. The van der Waals surface area contributed by atoms with Gasteiger partial charge in [0.05, 0.1) is 4.92 Å². The van der Waals surface area contributed by atoms with E-state index in [0.29, 0.717) is 10.6 Å².